The van der Waals surface area contributed by atoms with Crippen LogP contribution in [0.5, 0.6) is 0 Å². The number of rotatable bonds is 4. The lowest BCUT2D eigenvalue weighted by Gasteiger charge is -2.18. The van der Waals surface area contributed by atoms with Gasteiger partial charge in [-0.05, 0) is 74.4 Å². The van der Waals surface area contributed by atoms with Gasteiger partial charge in [0.2, 0.25) is 0 Å². The molecule has 6 rings (SSSR count). The molecule has 0 spiro atoms. The molecule has 0 bridgehead atoms. The molecule has 1 aliphatic heterocycles. The fourth-order valence-electron chi connectivity index (χ4n) is 4.24. The Morgan fingerprint density at radius 3 is 1.85 bits per heavy atom. The van der Waals surface area contributed by atoms with Gasteiger partial charge in [-0.25, -0.2) is 35.1 Å². The van der Waals surface area contributed by atoms with Crippen molar-refractivity contribution in [3.63, 3.8) is 0 Å². The average molecular weight is 579 g/mol. The molecule has 0 radical (unpaired) electrons. The number of sulfonamides is 1. The van der Waals surface area contributed by atoms with Crippen molar-refractivity contribution in [2.45, 2.75) is 30.1 Å². The van der Waals surface area contributed by atoms with Crippen molar-refractivity contribution in [1.29, 1.82) is 0 Å². The lowest BCUT2D eigenvalue weighted by molar-refractivity contribution is 0.399. The fraction of sp³-hybridized carbons (Fsp3) is 0.172. The molecule has 1 aliphatic rings. The van der Waals surface area contributed by atoms with Crippen LogP contribution in [0.1, 0.15) is 17.0 Å². The molecule has 0 amide bonds. The maximum atomic E-state index is 12.6. The van der Waals surface area contributed by atoms with Gasteiger partial charge in [-0.3, -0.25) is 0 Å². The van der Waals surface area contributed by atoms with E-state index in [0.717, 1.165) is 29.4 Å². The second kappa shape index (κ2) is 12.0. The standard InChI is InChI=1S/C14H14N2O2S.C14H12N2O2S.CH4O/c2*1-11-7-8-12-9-10-16(14(12)15-11)19(17,18)13-5-3-2-4-6-13;1-2/h2-8H,9-10H2,1H3;2-10H,1H3;2H,1H3. The number of aromatic nitrogens is 3. The minimum atomic E-state index is -3.58. The predicted octanol–water partition coefficient (Wildman–Crippen LogP) is 4.33. The second-order valence-corrected chi connectivity index (χ2v) is 12.5. The van der Waals surface area contributed by atoms with Crippen LogP contribution in [0.15, 0.2) is 107 Å². The molecule has 9 nitrogen and oxygen atoms in total. The van der Waals surface area contributed by atoms with Crippen molar-refractivity contribution in [1.82, 2.24) is 13.9 Å². The molecular weight excluding hydrogens is 548 g/mol. The van der Waals surface area contributed by atoms with Gasteiger partial charge in [0.15, 0.2) is 5.65 Å². The Hall–Kier alpha value is -4.06. The molecule has 0 saturated carbocycles. The van der Waals surface area contributed by atoms with E-state index in [1.165, 1.54) is 8.28 Å². The van der Waals surface area contributed by atoms with E-state index in [1.54, 1.807) is 72.9 Å². The third-order valence-corrected chi connectivity index (χ3v) is 9.67. The molecule has 4 heterocycles. The summed E-state index contributed by atoms with van der Waals surface area (Å²) in [6, 6.07) is 26.2. The maximum absolute atomic E-state index is 12.6. The van der Waals surface area contributed by atoms with Gasteiger partial charge >= 0.3 is 0 Å². The Kier molecular flexibility index (Phi) is 8.67. The summed E-state index contributed by atoms with van der Waals surface area (Å²) in [6.45, 7) is 4.17. The van der Waals surface area contributed by atoms with E-state index in [9.17, 15) is 16.8 Å². The third kappa shape index (κ3) is 5.76. The van der Waals surface area contributed by atoms with Crippen LogP contribution >= 0.6 is 0 Å². The summed E-state index contributed by atoms with van der Waals surface area (Å²) in [4.78, 5) is 9.26. The first-order chi connectivity index (χ1) is 19.2. The highest BCUT2D eigenvalue weighted by atomic mass is 32.2. The predicted molar refractivity (Wildman–Crippen MR) is 155 cm³/mol. The molecule has 11 heteroatoms. The average Bonchev–Trinajstić information content (AvgIpc) is 3.60. The number of fused-ring (bicyclic) bond motifs is 2. The minimum absolute atomic E-state index is 0.260. The van der Waals surface area contributed by atoms with Gasteiger partial charge in [-0.1, -0.05) is 42.5 Å². The molecule has 0 saturated heterocycles. The van der Waals surface area contributed by atoms with Crippen molar-refractivity contribution in [3.05, 3.63) is 114 Å². The summed E-state index contributed by atoms with van der Waals surface area (Å²) < 4.78 is 52.9. The molecule has 0 aliphatic carbocycles. The zero-order valence-corrected chi connectivity index (χ0v) is 24.0. The second-order valence-electron chi connectivity index (χ2n) is 8.87. The smallest absolute Gasteiger partial charge is 0.269 e. The first-order valence-electron chi connectivity index (χ1n) is 12.4. The lowest BCUT2D eigenvalue weighted by atomic mass is 10.2. The van der Waals surface area contributed by atoms with E-state index in [1.807, 2.05) is 38.1 Å². The van der Waals surface area contributed by atoms with Crippen LogP contribution in [0, 0.1) is 13.8 Å². The van der Waals surface area contributed by atoms with Crippen LogP contribution in [0.3, 0.4) is 0 Å². The van der Waals surface area contributed by atoms with E-state index >= 15 is 0 Å². The molecule has 208 valence electrons. The zero-order valence-electron chi connectivity index (χ0n) is 22.3. The maximum Gasteiger partial charge on any atom is 0.269 e. The summed E-state index contributed by atoms with van der Waals surface area (Å²) in [5, 5.41) is 7.81. The lowest BCUT2D eigenvalue weighted by Crippen LogP contribution is -2.29. The normalized spacial score (nSPS) is 12.7. The van der Waals surface area contributed by atoms with E-state index in [2.05, 4.69) is 9.97 Å². The molecule has 1 N–H and O–H groups in total. The summed E-state index contributed by atoms with van der Waals surface area (Å²) in [5.74, 6) is 0.573. The van der Waals surface area contributed by atoms with Crippen LogP contribution in [0.25, 0.3) is 11.0 Å². The first-order valence-corrected chi connectivity index (χ1v) is 15.3. The number of hydrogen-bond acceptors (Lipinski definition) is 7. The quantitative estimate of drug-likeness (QED) is 0.337. The topological polar surface area (TPSA) is 122 Å². The molecule has 5 aromatic rings. The largest absolute Gasteiger partial charge is 0.400 e. The fourth-order valence-corrected chi connectivity index (χ4v) is 7.04. The molecular formula is C29H30N4O5S2. The van der Waals surface area contributed by atoms with Gasteiger partial charge in [-0.2, -0.15) is 0 Å². The van der Waals surface area contributed by atoms with Gasteiger partial charge in [0, 0.05) is 36.6 Å². The summed E-state index contributed by atoms with van der Waals surface area (Å²) in [5.41, 5.74) is 3.07. The van der Waals surface area contributed by atoms with Gasteiger partial charge in [0.1, 0.15) is 5.82 Å². The summed E-state index contributed by atoms with van der Waals surface area (Å²) >= 11 is 0. The van der Waals surface area contributed by atoms with E-state index in [0.29, 0.717) is 29.3 Å². The minimum Gasteiger partial charge on any atom is -0.400 e. The van der Waals surface area contributed by atoms with Crippen molar-refractivity contribution in [2.24, 2.45) is 0 Å². The Bertz CT molecular complexity index is 1820. The Labute approximate surface area is 234 Å². The number of benzene rings is 2. The molecule has 0 atom stereocenters. The molecule has 3 aromatic heterocycles. The first kappa shape index (κ1) is 28.9. The molecule has 40 heavy (non-hydrogen) atoms. The van der Waals surface area contributed by atoms with Gasteiger partial charge < -0.3 is 5.11 Å². The zero-order chi connectivity index (χ0) is 28.9. The van der Waals surface area contributed by atoms with Crippen molar-refractivity contribution < 1.29 is 21.9 Å². The van der Waals surface area contributed by atoms with Gasteiger partial charge in [-0.15, -0.1) is 0 Å². The van der Waals surface area contributed by atoms with Gasteiger partial charge in [0.25, 0.3) is 20.0 Å². The number of anilines is 1. The third-order valence-electron chi connectivity index (χ3n) is 6.19. The number of aliphatic hydroxyl groups excluding tert-OH is 1. The summed E-state index contributed by atoms with van der Waals surface area (Å²) in [6.07, 6.45) is 2.26. The number of aliphatic hydroxyl groups is 1. The Morgan fingerprint density at radius 1 is 0.675 bits per heavy atom. The molecule has 0 unspecified atom stereocenters. The van der Waals surface area contributed by atoms with Crippen LogP contribution in [-0.2, 0) is 26.5 Å². The van der Waals surface area contributed by atoms with E-state index < -0.39 is 20.0 Å². The van der Waals surface area contributed by atoms with Crippen molar-refractivity contribution >= 4 is 36.9 Å². The summed E-state index contributed by atoms with van der Waals surface area (Å²) in [7, 11) is -6.08. The number of pyridine rings is 2. The number of aryl methyl sites for hydroxylation is 2. The van der Waals surface area contributed by atoms with Crippen LogP contribution in [0.2, 0.25) is 0 Å². The van der Waals surface area contributed by atoms with Crippen LogP contribution in [0.4, 0.5) is 5.82 Å². The molecule has 2 aromatic carbocycles. The van der Waals surface area contributed by atoms with Crippen molar-refractivity contribution in [2.75, 3.05) is 18.0 Å². The molecule has 0 fully saturated rings. The van der Waals surface area contributed by atoms with E-state index in [-0.39, 0.29) is 4.90 Å². The Morgan fingerprint density at radius 2 is 1.23 bits per heavy atom. The Balaban J connectivity index is 0.000000174. The van der Waals surface area contributed by atoms with Crippen LogP contribution < -0.4 is 4.31 Å². The highest BCUT2D eigenvalue weighted by molar-refractivity contribution is 7.92. The van der Waals surface area contributed by atoms with Crippen LogP contribution in [-0.4, -0.2) is 49.5 Å². The van der Waals surface area contributed by atoms with Crippen molar-refractivity contribution in [3.8, 4) is 0 Å². The SMILES string of the molecule is CO.Cc1ccc2c(n1)N(S(=O)(=O)c1ccccc1)CC2.Cc1ccc2ccn(S(=O)(=O)c3ccccc3)c2n1. The highest BCUT2D eigenvalue weighted by Crippen LogP contribution is 2.31. The van der Waals surface area contributed by atoms with Gasteiger partial charge in [0.05, 0.1) is 9.79 Å². The number of hydrogen-bond donors (Lipinski definition) is 1. The van der Waals surface area contributed by atoms with E-state index in [4.69, 9.17) is 5.11 Å². The number of nitrogens with zero attached hydrogens (tertiary/aromatic N) is 4. The monoisotopic (exact) mass is 578 g/mol. The highest BCUT2D eigenvalue weighted by Gasteiger charge is 2.31.